The van der Waals surface area contributed by atoms with E-state index in [4.69, 9.17) is 0 Å². The lowest BCUT2D eigenvalue weighted by Gasteiger charge is -2.06. The summed E-state index contributed by atoms with van der Waals surface area (Å²) in [6, 6.07) is 11.8. The highest BCUT2D eigenvalue weighted by Gasteiger charge is 2.08. The first-order valence-corrected chi connectivity index (χ1v) is 9.46. The number of carbonyl (C=O) groups is 1. The molecule has 9 heteroatoms. The van der Waals surface area contributed by atoms with Gasteiger partial charge in [-0.2, -0.15) is 0 Å². The minimum absolute atomic E-state index is 0.274. The third kappa shape index (κ3) is 4.52. The van der Waals surface area contributed by atoms with Crippen LogP contribution in [0.4, 0.5) is 21.1 Å². The molecule has 0 bridgehead atoms. The standard InChI is InChI=1S/C21H20FN7O/c1-2-23-21(30)29-20-27-17-7-6-14(9-18(17)28-20)15-11-25-19(26-12-15)24-10-13-4-3-5-16(22)8-13/h3-9,11-12H,2,10H2,1H3,(H,24,25,26)(H3,23,27,28,29,30). The molecule has 0 unspecified atom stereocenters. The van der Waals surface area contributed by atoms with Crippen LogP contribution in [0.2, 0.25) is 0 Å². The van der Waals surface area contributed by atoms with E-state index >= 15 is 0 Å². The number of H-pyrrole nitrogens is 1. The Labute approximate surface area is 172 Å². The fourth-order valence-corrected chi connectivity index (χ4v) is 2.95. The lowest BCUT2D eigenvalue weighted by atomic mass is 10.1. The van der Waals surface area contributed by atoms with Crippen molar-refractivity contribution in [2.45, 2.75) is 13.5 Å². The van der Waals surface area contributed by atoms with E-state index in [1.807, 2.05) is 31.2 Å². The number of nitrogens with zero attached hydrogens (tertiary/aromatic N) is 3. The molecule has 0 aliphatic rings. The molecule has 0 saturated heterocycles. The smallest absolute Gasteiger partial charge is 0.321 e. The van der Waals surface area contributed by atoms with Crippen molar-refractivity contribution in [2.24, 2.45) is 0 Å². The Bertz CT molecular complexity index is 1170. The molecule has 30 heavy (non-hydrogen) atoms. The first kappa shape index (κ1) is 19.3. The van der Waals surface area contributed by atoms with Crippen LogP contribution >= 0.6 is 0 Å². The van der Waals surface area contributed by atoms with Crippen LogP contribution in [0.1, 0.15) is 12.5 Å². The maximum absolute atomic E-state index is 13.3. The summed E-state index contributed by atoms with van der Waals surface area (Å²) in [5.74, 6) is 0.558. The van der Waals surface area contributed by atoms with E-state index in [1.165, 1.54) is 12.1 Å². The van der Waals surface area contributed by atoms with E-state index in [-0.39, 0.29) is 11.8 Å². The second-order valence-electron chi connectivity index (χ2n) is 6.58. The summed E-state index contributed by atoms with van der Waals surface area (Å²) >= 11 is 0. The first-order chi connectivity index (χ1) is 14.6. The van der Waals surface area contributed by atoms with Gasteiger partial charge in [0.15, 0.2) is 0 Å². The number of nitrogens with one attached hydrogen (secondary N) is 4. The third-order valence-corrected chi connectivity index (χ3v) is 4.38. The molecule has 2 aromatic carbocycles. The van der Waals surface area contributed by atoms with Crippen LogP contribution in [0, 0.1) is 5.82 Å². The summed E-state index contributed by atoms with van der Waals surface area (Å²) in [6.45, 7) is 2.80. The summed E-state index contributed by atoms with van der Waals surface area (Å²) in [5.41, 5.74) is 4.06. The van der Waals surface area contributed by atoms with Gasteiger partial charge in [0.1, 0.15) is 5.82 Å². The van der Waals surface area contributed by atoms with Gasteiger partial charge in [0.2, 0.25) is 11.9 Å². The molecule has 0 spiro atoms. The van der Waals surface area contributed by atoms with Crippen molar-refractivity contribution in [2.75, 3.05) is 17.2 Å². The average Bonchev–Trinajstić information content (AvgIpc) is 3.14. The monoisotopic (exact) mass is 405 g/mol. The van der Waals surface area contributed by atoms with Gasteiger partial charge in [0.25, 0.3) is 0 Å². The number of amides is 2. The zero-order valence-electron chi connectivity index (χ0n) is 16.2. The Morgan fingerprint density at radius 2 is 1.93 bits per heavy atom. The lowest BCUT2D eigenvalue weighted by Crippen LogP contribution is -2.28. The summed E-state index contributed by atoms with van der Waals surface area (Å²) in [5, 5.41) is 8.39. The molecular weight excluding hydrogens is 385 g/mol. The first-order valence-electron chi connectivity index (χ1n) is 9.46. The fraction of sp³-hybridized carbons (Fsp3) is 0.143. The second-order valence-corrected chi connectivity index (χ2v) is 6.58. The highest BCUT2D eigenvalue weighted by Crippen LogP contribution is 2.24. The molecule has 0 aliphatic carbocycles. The van der Waals surface area contributed by atoms with E-state index in [1.54, 1.807) is 18.5 Å². The van der Waals surface area contributed by atoms with Crippen molar-refractivity contribution in [3.8, 4) is 11.1 Å². The quantitative estimate of drug-likeness (QED) is 0.389. The number of hydrogen-bond donors (Lipinski definition) is 4. The summed E-state index contributed by atoms with van der Waals surface area (Å²) in [4.78, 5) is 27.8. The Hall–Kier alpha value is -4.01. The predicted molar refractivity (Wildman–Crippen MR) is 114 cm³/mol. The number of benzene rings is 2. The molecule has 4 N–H and O–H groups in total. The molecule has 2 amide bonds. The molecule has 4 aromatic rings. The van der Waals surface area contributed by atoms with Gasteiger partial charge in [-0.25, -0.2) is 24.1 Å². The molecule has 0 radical (unpaired) electrons. The van der Waals surface area contributed by atoms with Crippen LogP contribution in [0.3, 0.4) is 0 Å². The summed E-state index contributed by atoms with van der Waals surface area (Å²) in [7, 11) is 0. The van der Waals surface area contributed by atoms with Crippen molar-refractivity contribution in [3.05, 3.63) is 66.2 Å². The van der Waals surface area contributed by atoms with Crippen LogP contribution in [-0.2, 0) is 6.54 Å². The van der Waals surface area contributed by atoms with Crippen LogP contribution in [0.25, 0.3) is 22.2 Å². The normalized spacial score (nSPS) is 10.7. The maximum atomic E-state index is 13.3. The lowest BCUT2D eigenvalue weighted by molar-refractivity contribution is 0.252. The van der Waals surface area contributed by atoms with E-state index in [0.717, 1.165) is 22.2 Å². The number of anilines is 2. The largest absolute Gasteiger partial charge is 0.350 e. The van der Waals surface area contributed by atoms with Crippen molar-refractivity contribution >= 4 is 29.0 Å². The number of rotatable bonds is 6. The number of aromatic amines is 1. The van der Waals surface area contributed by atoms with E-state index in [9.17, 15) is 9.18 Å². The number of carbonyl (C=O) groups excluding carboxylic acids is 1. The topological polar surface area (TPSA) is 108 Å². The van der Waals surface area contributed by atoms with Gasteiger partial charge >= 0.3 is 6.03 Å². The molecule has 4 rings (SSSR count). The molecular formula is C21H20FN7O. The van der Waals surface area contributed by atoms with Gasteiger partial charge in [-0.05, 0) is 42.3 Å². The molecule has 0 fully saturated rings. The van der Waals surface area contributed by atoms with Crippen molar-refractivity contribution < 1.29 is 9.18 Å². The molecule has 0 saturated carbocycles. The van der Waals surface area contributed by atoms with Crippen LogP contribution in [0.5, 0.6) is 0 Å². The SMILES string of the molecule is CCNC(=O)Nc1nc2cc(-c3cnc(NCc4cccc(F)c4)nc3)ccc2[nH]1. The van der Waals surface area contributed by atoms with Gasteiger partial charge in [-0.1, -0.05) is 18.2 Å². The molecule has 2 aromatic heterocycles. The number of imidazole rings is 1. The van der Waals surface area contributed by atoms with Crippen molar-refractivity contribution in [1.29, 1.82) is 0 Å². The van der Waals surface area contributed by atoms with Gasteiger partial charge < -0.3 is 15.6 Å². The molecule has 0 atom stereocenters. The third-order valence-electron chi connectivity index (χ3n) is 4.38. The molecule has 0 aliphatic heterocycles. The highest BCUT2D eigenvalue weighted by molar-refractivity contribution is 5.90. The highest BCUT2D eigenvalue weighted by atomic mass is 19.1. The van der Waals surface area contributed by atoms with Crippen molar-refractivity contribution in [3.63, 3.8) is 0 Å². The zero-order chi connectivity index (χ0) is 20.9. The Kier molecular flexibility index (Phi) is 5.51. The molecule has 2 heterocycles. The minimum atomic E-state index is -0.313. The summed E-state index contributed by atoms with van der Waals surface area (Å²) in [6.07, 6.45) is 3.42. The number of urea groups is 1. The number of hydrogen-bond acceptors (Lipinski definition) is 5. The molecule has 8 nitrogen and oxygen atoms in total. The number of halogens is 1. The number of aromatic nitrogens is 4. The van der Waals surface area contributed by atoms with Gasteiger partial charge in [-0.15, -0.1) is 0 Å². The average molecular weight is 405 g/mol. The second kappa shape index (κ2) is 8.56. The number of fused-ring (bicyclic) bond motifs is 1. The van der Waals surface area contributed by atoms with Crippen LogP contribution < -0.4 is 16.0 Å². The zero-order valence-corrected chi connectivity index (χ0v) is 16.2. The fourth-order valence-electron chi connectivity index (χ4n) is 2.95. The van der Waals surface area contributed by atoms with Gasteiger partial charge in [0.05, 0.1) is 11.0 Å². The van der Waals surface area contributed by atoms with E-state index in [0.29, 0.717) is 30.5 Å². The molecule has 152 valence electrons. The Balaban J connectivity index is 1.46. The van der Waals surface area contributed by atoms with Crippen LogP contribution in [0.15, 0.2) is 54.9 Å². The van der Waals surface area contributed by atoms with E-state index < -0.39 is 0 Å². The predicted octanol–water partition coefficient (Wildman–Crippen LogP) is 3.91. The Morgan fingerprint density at radius 1 is 1.10 bits per heavy atom. The minimum Gasteiger partial charge on any atom is -0.350 e. The maximum Gasteiger partial charge on any atom is 0.321 e. The van der Waals surface area contributed by atoms with Gasteiger partial charge in [-0.3, -0.25) is 5.32 Å². The summed E-state index contributed by atoms with van der Waals surface area (Å²) < 4.78 is 13.3. The van der Waals surface area contributed by atoms with Crippen molar-refractivity contribution in [1.82, 2.24) is 25.3 Å². The van der Waals surface area contributed by atoms with Gasteiger partial charge in [0, 0.05) is 31.0 Å². The van der Waals surface area contributed by atoms with E-state index in [2.05, 4.69) is 35.9 Å². The Morgan fingerprint density at radius 3 is 2.70 bits per heavy atom. The van der Waals surface area contributed by atoms with Crippen LogP contribution in [-0.4, -0.2) is 32.5 Å².